The Labute approximate surface area is 261 Å². The number of nitro groups is 1. The molecule has 0 aromatic heterocycles. The van der Waals surface area contributed by atoms with Crippen LogP contribution in [0, 0.1) is 24.0 Å². The Bertz CT molecular complexity index is 1660. The molecule has 0 heterocycles. The van der Waals surface area contributed by atoms with Crippen molar-refractivity contribution in [3.05, 3.63) is 135 Å². The van der Waals surface area contributed by atoms with Crippen molar-refractivity contribution in [3.8, 4) is 11.5 Å². The minimum Gasteiger partial charge on any atom is -0.414 e. The van der Waals surface area contributed by atoms with Crippen LogP contribution >= 0.6 is 7.60 Å². The number of carbonyl (C=O) groups is 2. The second-order valence-corrected chi connectivity index (χ2v) is 13.3. The quantitative estimate of drug-likeness (QED) is 0.110. The fraction of sp³-hybridized carbons (Fsp3) is 0.212. The van der Waals surface area contributed by atoms with Crippen LogP contribution in [-0.4, -0.2) is 27.4 Å². The van der Waals surface area contributed by atoms with E-state index in [0.717, 1.165) is 11.1 Å². The van der Waals surface area contributed by atoms with Crippen LogP contribution in [0.4, 0.5) is 10.5 Å². The number of hydrogen-bond donors (Lipinski definition) is 2. The van der Waals surface area contributed by atoms with E-state index in [1.165, 1.54) is 29.3 Å². The largest absolute Gasteiger partial charge is 0.457 e. The third-order valence-electron chi connectivity index (χ3n) is 6.49. The lowest BCUT2D eigenvalue weighted by Crippen LogP contribution is -2.58. The summed E-state index contributed by atoms with van der Waals surface area (Å²) in [5.74, 6) is -1.68. The molecule has 0 bridgehead atoms. The second-order valence-electron chi connectivity index (χ2n) is 11.4. The Morgan fingerprint density at radius 2 is 1.36 bits per heavy atom. The number of aryl methyl sites for hydroxylation is 2. The van der Waals surface area contributed by atoms with Gasteiger partial charge in [0, 0.05) is 17.7 Å². The summed E-state index contributed by atoms with van der Waals surface area (Å²) in [5.41, 5.74) is 3.60. The molecule has 0 radical (unpaired) electrons. The predicted molar refractivity (Wildman–Crippen MR) is 171 cm³/mol. The maximum atomic E-state index is 14.8. The molecule has 2 N–H and O–H groups in total. The van der Waals surface area contributed by atoms with Gasteiger partial charge in [0.15, 0.2) is 5.78 Å². The number of benzene rings is 4. The standard InChI is InChI=1S/C33H35N4O7P/c1-23-19-24(2)21-26(20-23)31(38)36(33(3,4)5)35-32(39)34-30(25-13-12-14-27(22-25)37(40)41)45(42,43-28-15-8-6-9-16-28)44-29-17-10-7-11-18-29/h6-22,30H,1-5H3,(H2,34,35,39)/t30-/m0/s1. The van der Waals surface area contributed by atoms with Crippen LogP contribution in [-0.2, 0) is 4.57 Å². The number of non-ortho nitro benzene ring substituents is 1. The first-order valence-corrected chi connectivity index (χ1v) is 15.7. The van der Waals surface area contributed by atoms with Gasteiger partial charge in [0.25, 0.3) is 11.6 Å². The lowest BCUT2D eigenvalue weighted by molar-refractivity contribution is -0.384. The Hall–Kier alpha value is -5.15. The summed E-state index contributed by atoms with van der Waals surface area (Å²) in [6, 6.07) is 26.2. The van der Waals surface area contributed by atoms with Crippen LogP contribution in [0.25, 0.3) is 0 Å². The summed E-state index contributed by atoms with van der Waals surface area (Å²) >= 11 is 0. The zero-order valence-electron chi connectivity index (χ0n) is 25.6. The molecule has 0 aliphatic heterocycles. The summed E-state index contributed by atoms with van der Waals surface area (Å²) in [5, 5.41) is 15.5. The number of rotatable bonds is 9. The number of nitrogens with zero attached hydrogens (tertiary/aromatic N) is 2. The highest BCUT2D eigenvalue weighted by Gasteiger charge is 2.43. The van der Waals surface area contributed by atoms with Crippen molar-refractivity contribution in [2.45, 2.75) is 45.9 Å². The molecule has 4 aromatic rings. The minimum atomic E-state index is -4.48. The zero-order valence-corrected chi connectivity index (χ0v) is 26.5. The smallest absolute Gasteiger partial charge is 0.414 e. The van der Waals surface area contributed by atoms with Gasteiger partial charge < -0.3 is 14.4 Å². The molecule has 1 atom stereocenters. The Morgan fingerprint density at radius 3 is 1.84 bits per heavy atom. The molecule has 45 heavy (non-hydrogen) atoms. The van der Waals surface area contributed by atoms with Crippen LogP contribution in [0.3, 0.4) is 0 Å². The van der Waals surface area contributed by atoms with E-state index in [2.05, 4.69) is 10.7 Å². The van der Waals surface area contributed by atoms with E-state index >= 15 is 0 Å². The Kier molecular flexibility index (Phi) is 9.94. The van der Waals surface area contributed by atoms with Gasteiger partial charge in [-0.2, -0.15) is 0 Å². The highest BCUT2D eigenvalue weighted by Crippen LogP contribution is 2.59. The first-order chi connectivity index (χ1) is 21.2. The molecule has 0 aliphatic carbocycles. The Morgan fingerprint density at radius 1 is 0.822 bits per heavy atom. The first-order valence-electron chi connectivity index (χ1n) is 14.1. The fourth-order valence-corrected chi connectivity index (χ4v) is 6.42. The molecule has 0 saturated carbocycles. The van der Waals surface area contributed by atoms with Crippen molar-refractivity contribution in [1.82, 2.24) is 15.8 Å². The third kappa shape index (κ3) is 8.49. The van der Waals surface area contributed by atoms with Crippen LogP contribution in [0.15, 0.2) is 103 Å². The number of urea groups is 1. The van der Waals surface area contributed by atoms with Crippen molar-refractivity contribution in [2.24, 2.45) is 0 Å². The third-order valence-corrected chi connectivity index (χ3v) is 8.48. The number of carbonyl (C=O) groups excluding carboxylic acids is 2. The molecule has 4 aromatic carbocycles. The maximum absolute atomic E-state index is 14.8. The summed E-state index contributed by atoms with van der Waals surface area (Å²) in [4.78, 5) is 38.5. The van der Waals surface area contributed by atoms with E-state index in [0.29, 0.717) is 5.56 Å². The van der Waals surface area contributed by atoms with Gasteiger partial charge in [-0.25, -0.2) is 19.8 Å². The van der Waals surface area contributed by atoms with Gasteiger partial charge in [0.2, 0.25) is 0 Å². The van der Waals surface area contributed by atoms with E-state index in [4.69, 9.17) is 9.05 Å². The van der Waals surface area contributed by atoms with Crippen LogP contribution in [0.5, 0.6) is 11.5 Å². The molecule has 12 heteroatoms. The summed E-state index contributed by atoms with van der Waals surface area (Å²) < 4.78 is 26.8. The van der Waals surface area contributed by atoms with Crippen molar-refractivity contribution >= 4 is 25.2 Å². The van der Waals surface area contributed by atoms with Gasteiger partial charge >= 0.3 is 13.6 Å². The van der Waals surface area contributed by atoms with Crippen molar-refractivity contribution in [2.75, 3.05) is 0 Å². The number of nitrogens with one attached hydrogen (secondary N) is 2. The lowest BCUT2D eigenvalue weighted by Gasteiger charge is -2.36. The van der Waals surface area contributed by atoms with Crippen molar-refractivity contribution in [1.29, 1.82) is 0 Å². The molecular weight excluding hydrogens is 595 g/mol. The van der Waals surface area contributed by atoms with Gasteiger partial charge in [-0.3, -0.25) is 14.9 Å². The number of hydrazine groups is 1. The zero-order chi connectivity index (χ0) is 32.8. The highest BCUT2D eigenvalue weighted by atomic mass is 31.2. The molecule has 0 unspecified atom stereocenters. The molecule has 0 saturated heterocycles. The van der Waals surface area contributed by atoms with Gasteiger partial charge in [-0.05, 0) is 76.6 Å². The molecule has 234 valence electrons. The molecule has 11 nitrogen and oxygen atoms in total. The molecule has 0 spiro atoms. The van der Waals surface area contributed by atoms with Crippen molar-refractivity contribution in [3.63, 3.8) is 0 Å². The number of para-hydroxylation sites is 2. The maximum Gasteiger partial charge on any atom is 0.457 e. The van der Waals surface area contributed by atoms with Gasteiger partial charge in [0.1, 0.15) is 11.5 Å². The number of amides is 3. The molecule has 4 rings (SSSR count). The first kappa shape index (κ1) is 32.8. The monoisotopic (exact) mass is 630 g/mol. The molecular formula is C33H35N4O7P. The van der Waals surface area contributed by atoms with Gasteiger partial charge in [0.05, 0.1) is 10.5 Å². The minimum absolute atomic E-state index is 0.0810. The normalized spacial score (nSPS) is 12.0. The van der Waals surface area contributed by atoms with Crippen molar-refractivity contribution < 1.29 is 28.1 Å². The second kappa shape index (κ2) is 13.7. The molecule has 0 fully saturated rings. The number of hydrogen-bond acceptors (Lipinski definition) is 7. The summed E-state index contributed by atoms with van der Waals surface area (Å²) in [6.45, 7) is 8.97. The van der Waals surface area contributed by atoms with E-state index in [9.17, 15) is 24.3 Å². The Balaban J connectivity index is 1.77. The number of nitro benzene ring substituents is 1. The lowest BCUT2D eigenvalue weighted by atomic mass is 10.0. The SMILES string of the molecule is Cc1cc(C)cc(C(=O)N(NC(=O)N[C@H](c2cccc([N+](=O)[O-])c2)P(=O)(Oc2ccccc2)Oc2ccccc2)C(C)(C)C)c1. The summed E-state index contributed by atoms with van der Waals surface area (Å²) in [6.07, 6.45) is 0. The van der Waals surface area contributed by atoms with Gasteiger partial charge in [-0.1, -0.05) is 65.7 Å². The van der Waals surface area contributed by atoms with Gasteiger partial charge in [-0.15, -0.1) is 0 Å². The van der Waals surface area contributed by atoms with Crippen LogP contribution in [0.1, 0.15) is 53.6 Å². The summed E-state index contributed by atoms with van der Waals surface area (Å²) in [7, 11) is -4.48. The topological polar surface area (TPSA) is 140 Å². The highest BCUT2D eigenvalue weighted by molar-refractivity contribution is 7.55. The predicted octanol–water partition coefficient (Wildman–Crippen LogP) is 7.72. The molecule has 3 amide bonds. The molecule has 0 aliphatic rings. The van der Waals surface area contributed by atoms with E-state index in [-0.39, 0.29) is 22.7 Å². The van der Waals surface area contributed by atoms with Crippen LogP contribution in [0.2, 0.25) is 0 Å². The van der Waals surface area contributed by atoms with Crippen LogP contribution < -0.4 is 19.8 Å². The van der Waals surface area contributed by atoms with E-state index in [1.54, 1.807) is 93.6 Å². The average molecular weight is 631 g/mol. The average Bonchev–Trinajstić information content (AvgIpc) is 2.98. The van der Waals surface area contributed by atoms with E-state index in [1.807, 2.05) is 19.9 Å². The fourth-order valence-electron chi connectivity index (χ4n) is 4.54. The van der Waals surface area contributed by atoms with E-state index < -0.39 is 35.8 Å².